The van der Waals surface area contributed by atoms with Crippen LogP contribution in [-0.4, -0.2) is 34.8 Å². The average Bonchev–Trinajstić information content (AvgIpc) is 3.06. The number of pyridine rings is 1. The second-order valence-corrected chi connectivity index (χ2v) is 6.92. The van der Waals surface area contributed by atoms with Gasteiger partial charge in [0, 0.05) is 24.7 Å². The summed E-state index contributed by atoms with van der Waals surface area (Å²) in [7, 11) is 0. The molecule has 1 unspecified atom stereocenters. The Kier molecular flexibility index (Phi) is 5.24. The van der Waals surface area contributed by atoms with Crippen molar-refractivity contribution in [1.82, 2.24) is 10.3 Å². The van der Waals surface area contributed by atoms with Crippen LogP contribution in [0.3, 0.4) is 0 Å². The minimum absolute atomic E-state index is 0.0726. The summed E-state index contributed by atoms with van der Waals surface area (Å²) in [6.07, 6.45) is 2.58. The lowest BCUT2D eigenvalue weighted by atomic mass is 9.98. The van der Waals surface area contributed by atoms with E-state index < -0.39 is 18.1 Å². The minimum Gasteiger partial charge on any atom is -0.480 e. The van der Waals surface area contributed by atoms with E-state index in [1.165, 1.54) is 0 Å². The van der Waals surface area contributed by atoms with E-state index in [4.69, 9.17) is 4.74 Å². The maximum Gasteiger partial charge on any atom is 0.407 e. The summed E-state index contributed by atoms with van der Waals surface area (Å²) in [6, 6.07) is 18.4. The largest absolute Gasteiger partial charge is 0.480 e. The van der Waals surface area contributed by atoms with Gasteiger partial charge in [0.05, 0.1) is 0 Å². The van der Waals surface area contributed by atoms with Crippen LogP contribution in [0.1, 0.15) is 22.6 Å². The van der Waals surface area contributed by atoms with E-state index >= 15 is 0 Å². The zero-order chi connectivity index (χ0) is 20.2. The van der Waals surface area contributed by atoms with Crippen LogP contribution in [-0.2, 0) is 16.0 Å². The van der Waals surface area contributed by atoms with Crippen LogP contribution in [0, 0.1) is 0 Å². The van der Waals surface area contributed by atoms with Crippen molar-refractivity contribution in [3.63, 3.8) is 0 Å². The summed E-state index contributed by atoms with van der Waals surface area (Å²) in [4.78, 5) is 27.8. The van der Waals surface area contributed by atoms with Crippen molar-refractivity contribution in [3.8, 4) is 11.1 Å². The summed E-state index contributed by atoms with van der Waals surface area (Å²) in [5, 5.41) is 11.9. The topological polar surface area (TPSA) is 88.5 Å². The number of carboxylic acid groups (broad SMARTS) is 1. The molecule has 0 aliphatic heterocycles. The first-order valence-corrected chi connectivity index (χ1v) is 9.36. The van der Waals surface area contributed by atoms with Crippen LogP contribution in [0.2, 0.25) is 0 Å². The number of nitrogens with zero attached hydrogens (tertiary/aromatic N) is 1. The van der Waals surface area contributed by atoms with E-state index in [1.54, 1.807) is 24.5 Å². The number of nitrogens with one attached hydrogen (secondary N) is 1. The molecule has 1 amide bonds. The molecule has 6 nitrogen and oxygen atoms in total. The number of carboxylic acids is 1. The number of carbonyl (C=O) groups excluding carboxylic acids is 1. The van der Waals surface area contributed by atoms with E-state index in [-0.39, 0.29) is 18.9 Å². The molecule has 0 bridgehead atoms. The van der Waals surface area contributed by atoms with Crippen LogP contribution in [0.5, 0.6) is 0 Å². The van der Waals surface area contributed by atoms with Gasteiger partial charge >= 0.3 is 12.1 Å². The van der Waals surface area contributed by atoms with E-state index in [0.29, 0.717) is 0 Å². The monoisotopic (exact) mass is 388 g/mol. The van der Waals surface area contributed by atoms with Crippen molar-refractivity contribution < 1.29 is 19.4 Å². The van der Waals surface area contributed by atoms with E-state index in [2.05, 4.69) is 22.4 Å². The number of carbonyl (C=O) groups is 2. The highest BCUT2D eigenvalue weighted by molar-refractivity contribution is 5.81. The van der Waals surface area contributed by atoms with E-state index in [9.17, 15) is 14.7 Å². The summed E-state index contributed by atoms with van der Waals surface area (Å²) >= 11 is 0. The molecule has 6 heteroatoms. The molecule has 146 valence electrons. The molecular formula is C23H20N2O4. The lowest BCUT2D eigenvalue weighted by Crippen LogP contribution is -2.42. The molecule has 1 atom stereocenters. The van der Waals surface area contributed by atoms with Crippen molar-refractivity contribution in [2.24, 2.45) is 0 Å². The standard InChI is InChI=1S/C23H20N2O4/c26-22(27)21(13-15-9-11-24-12-10-15)25-23(28)29-14-20-18-7-3-1-5-16(18)17-6-2-4-8-19(17)20/h1-12,20-21H,13-14H2,(H,25,28)(H,26,27). The Morgan fingerprint density at radius 3 is 2.14 bits per heavy atom. The summed E-state index contributed by atoms with van der Waals surface area (Å²) in [6.45, 7) is 0.140. The second-order valence-electron chi connectivity index (χ2n) is 6.92. The fraction of sp³-hybridized carbons (Fsp3) is 0.174. The SMILES string of the molecule is O=C(NC(Cc1ccncc1)C(=O)O)OCC1c2ccccc2-c2ccccc21. The first kappa shape index (κ1) is 18.7. The molecule has 1 aliphatic carbocycles. The molecule has 0 spiro atoms. The van der Waals surface area contributed by atoms with E-state index in [0.717, 1.165) is 27.8 Å². The third kappa shape index (κ3) is 3.96. The summed E-state index contributed by atoms with van der Waals surface area (Å²) < 4.78 is 5.43. The van der Waals surface area contributed by atoms with Gasteiger partial charge in [-0.15, -0.1) is 0 Å². The fourth-order valence-electron chi connectivity index (χ4n) is 3.74. The predicted molar refractivity (Wildman–Crippen MR) is 108 cm³/mol. The van der Waals surface area contributed by atoms with Crippen LogP contribution < -0.4 is 5.32 Å². The highest BCUT2D eigenvalue weighted by Crippen LogP contribution is 2.44. The van der Waals surface area contributed by atoms with Crippen molar-refractivity contribution >= 4 is 12.1 Å². The molecule has 4 rings (SSSR count). The Balaban J connectivity index is 1.43. The number of benzene rings is 2. The number of aromatic nitrogens is 1. The minimum atomic E-state index is -1.12. The Morgan fingerprint density at radius 1 is 0.966 bits per heavy atom. The van der Waals surface area contributed by atoms with E-state index in [1.807, 2.05) is 36.4 Å². The lowest BCUT2D eigenvalue weighted by molar-refractivity contribution is -0.139. The Labute approximate surface area is 168 Å². The molecule has 1 heterocycles. The first-order valence-electron chi connectivity index (χ1n) is 9.36. The number of aliphatic carboxylic acids is 1. The van der Waals surface area contributed by atoms with Gasteiger partial charge in [-0.05, 0) is 39.9 Å². The van der Waals surface area contributed by atoms with Crippen LogP contribution >= 0.6 is 0 Å². The van der Waals surface area contributed by atoms with Gasteiger partial charge in [-0.3, -0.25) is 4.98 Å². The van der Waals surface area contributed by atoms with Gasteiger partial charge < -0.3 is 15.2 Å². The Hall–Kier alpha value is -3.67. The second kappa shape index (κ2) is 8.14. The number of fused-ring (bicyclic) bond motifs is 3. The molecule has 0 saturated carbocycles. The smallest absolute Gasteiger partial charge is 0.407 e. The maximum absolute atomic E-state index is 12.3. The molecule has 3 aromatic rings. The Bertz CT molecular complexity index is 990. The quantitative estimate of drug-likeness (QED) is 0.673. The van der Waals surface area contributed by atoms with Gasteiger partial charge in [0.15, 0.2) is 0 Å². The third-order valence-corrected chi connectivity index (χ3v) is 5.12. The molecule has 0 radical (unpaired) electrons. The van der Waals surface area contributed by atoms with Crippen LogP contribution in [0.4, 0.5) is 4.79 Å². The summed E-state index contributed by atoms with van der Waals surface area (Å²) in [5.74, 6) is -1.19. The number of ether oxygens (including phenoxy) is 1. The average molecular weight is 388 g/mol. The van der Waals surface area contributed by atoms with Gasteiger partial charge in [-0.25, -0.2) is 9.59 Å². The molecule has 29 heavy (non-hydrogen) atoms. The molecule has 0 saturated heterocycles. The molecule has 1 aromatic heterocycles. The summed E-state index contributed by atoms with van der Waals surface area (Å²) in [5.41, 5.74) is 5.25. The van der Waals surface area contributed by atoms with Crippen molar-refractivity contribution in [3.05, 3.63) is 89.7 Å². The Morgan fingerprint density at radius 2 is 1.55 bits per heavy atom. The van der Waals surface area contributed by atoms with Crippen molar-refractivity contribution in [2.75, 3.05) is 6.61 Å². The van der Waals surface area contributed by atoms with Gasteiger partial charge in [-0.1, -0.05) is 48.5 Å². The number of hydrogen-bond acceptors (Lipinski definition) is 4. The normalized spacial score (nSPS) is 13.2. The fourth-order valence-corrected chi connectivity index (χ4v) is 3.74. The van der Waals surface area contributed by atoms with Crippen LogP contribution in [0.25, 0.3) is 11.1 Å². The zero-order valence-electron chi connectivity index (χ0n) is 15.6. The zero-order valence-corrected chi connectivity index (χ0v) is 15.6. The number of amides is 1. The van der Waals surface area contributed by atoms with Gasteiger partial charge in [0.25, 0.3) is 0 Å². The van der Waals surface area contributed by atoms with Gasteiger partial charge in [0.2, 0.25) is 0 Å². The predicted octanol–water partition coefficient (Wildman–Crippen LogP) is 3.62. The first-order chi connectivity index (χ1) is 14.1. The number of rotatable bonds is 6. The number of alkyl carbamates (subject to hydrolysis) is 1. The third-order valence-electron chi connectivity index (χ3n) is 5.12. The van der Waals surface area contributed by atoms with Crippen molar-refractivity contribution in [2.45, 2.75) is 18.4 Å². The highest BCUT2D eigenvalue weighted by Gasteiger charge is 2.29. The molecule has 2 aromatic carbocycles. The van der Waals surface area contributed by atoms with Crippen molar-refractivity contribution in [1.29, 1.82) is 0 Å². The highest BCUT2D eigenvalue weighted by atomic mass is 16.5. The maximum atomic E-state index is 12.3. The van der Waals surface area contributed by atoms with Crippen LogP contribution in [0.15, 0.2) is 73.1 Å². The van der Waals surface area contributed by atoms with Gasteiger partial charge in [-0.2, -0.15) is 0 Å². The molecule has 2 N–H and O–H groups in total. The van der Waals surface area contributed by atoms with Gasteiger partial charge in [0.1, 0.15) is 12.6 Å². The number of hydrogen-bond donors (Lipinski definition) is 2. The lowest BCUT2D eigenvalue weighted by Gasteiger charge is -2.17. The molecule has 1 aliphatic rings. The molecule has 0 fully saturated rings. The molecular weight excluding hydrogens is 368 g/mol.